The van der Waals surface area contributed by atoms with Gasteiger partial charge in [0, 0.05) is 38.8 Å². The number of rotatable bonds is 7. The Hall–Kier alpha value is -2.97. The molecule has 0 bridgehead atoms. The van der Waals surface area contributed by atoms with E-state index in [1.54, 1.807) is 17.7 Å². The molecule has 0 radical (unpaired) electrons. The van der Waals surface area contributed by atoms with E-state index in [0.29, 0.717) is 5.52 Å². The van der Waals surface area contributed by atoms with Crippen LogP contribution in [0.4, 0.5) is 0 Å². The molecule has 1 heterocycles. The number of aromatic nitrogens is 1. The van der Waals surface area contributed by atoms with Gasteiger partial charge in [0.05, 0.1) is 10.4 Å². The van der Waals surface area contributed by atoms with Gasteiger partial charge in [-0.25, -0.2) is 12.7 Å². The fraction of sp³-hybridized carbons (Fsp3) is 0.304. The summed E-state index contributed by atoms with van der Waals surface area (Å²) >= 11 is 0. The van der Waals surface area contributed by atoms with E-state index in [0.717, 1.165) is 17.1 Å². The Bertz CT molecular complexity index is 1270. The molecule has 164 valence electrons. The fourth-order valence-electron chi connectivity index (χ4n) is 3.41. The number of pyridine rings is 1. The number of carbonyl (C=O) groups excluding carboxylic acids is 1. The molecule has 8 heteroatoms. The molecule has 0 saturated carbocycles. The number of hydrogen-bond donors (Lipinski definition) is 1. The predicted octanol–water partition coefficient (Wildman–Crippen LogP) is 2.54. The molecule has 1 aromatic heterocycles. The van der Waals surface area contributed by atoms with Gasteiger partial charge in [0.15, 0.2) is 0 Å². The van der Waals surface area contributed by atoms with Crippen molar-refractivity contribution in [1.29, 1.82) is 0 Å². The molecule has 0 aliphatic rings. The first-order valence-electron chi connectivity index (χ1n) is 10.0. The molecule has 0 fully saturated rings. The largest absolute Gasteiger partial charge is 0.350 e. The average Bonchev–Trinajstić information content (AvgIpc) is 2.75. The second-order valence-electron chi connectivity index (χ2n) is 7.85. The summed E-state index contributed by atoms with van der Waals surface area (Å²) in [5.74, 6) is -0.469. The minimum Gasteiger partial charge on any atom is -0.350 e. The van der Waals surface area contributed by atoms with E-state index in [1.165, 1.54) is 38.0 Å². The molecule has 0 unspecified atom stereocenters. The Morgan fingerprint density at radius 2 is 1.81 bits per heavy atom. The molecule has 3 rings (SSSR count). The number of sulfonamides is 1. The number of carbonyl (C=O) groups is 1. The first-order valence-corrected chi connectivity index (χ1v) is 11.5. The van der Waals surface area contributed by atoms with Gasteiger partial charge < -0.3 is 9.88 Å². The number of nitrogens with zero attached hydrogens (tertiary/aromatic N) is 2. The maximum absolute atomic E-state index is 13.0. The number of fused-ring (bicyclic) bond motifs is 1. The number of amides is 1. The van der Waals surface area contributed by atoms with Gasteiger partial charge in [0.2, 0.25) is 15.5 Å². The molecule has 0 saturated heterocycles. The SMILES string of the molecule is C[C@H](CCc1ccccc1)NC(=O)c1cn(C)c2ccc(S(=O)(=O)N(C)C)cc2c1=O. The van der Waals surface area contributed by atoms with Crippen LogP contribution in [0.2, 0.25) is 0 Å². The van der Waals surface area contributed by atoms with Crippen molar-refractivity contribution in [3.05, 3.63) is 76.1 Å². The molecule has 0 spiro atoms. The zero-order valence-corrected chi connectivity index (χ0v) is 18.9. The Morgan fingerprint density at radius 1 is 1.13 bits per heavy atom. The Kier molecular flexibility index (Phi) is 6.62. The summed E-state index contributed by atoms with van der Waals surface area (Å²) in [6.45, 7) is 1.90. The highest BCUT2D eigenvalue weighted by Gasteiger charge is 2.21. The Balaban J connectivity index is 1.88. The summed E-state index contributed by atoms with van der Waals surface area (Å²) in [5, 5.41) is 3.07. The molecule has 1 N–H and O–H groups in total. The van der Waals surface area contributed by atoms with E-state index < -0.39 is 21.4 Å². The van der Waals surface area contributed by atoms with E-state index in [9.17, 15) is 18.0 Å². The number of benzene rings is 2. The Morgan fingerprint density at radius 3 is 2.45 bits per heavy atom. The smallest absolute Gasteiger partial charge is 0.256 e. The molecule has 0 aliphatic heterocycles. The van der Waals surface area contributed by atoms with Gasteiger partial charge in [0.25, 0.3) is 5.91 Å². The van der Waals surface area contributed by atoms with Gasteiger partial charge in [-0.15, -0.1) is 0 Å². The van der Waals surface area contributed by atoms with Gasteiger partial charge >= 0.3 is 0 Å². The first kappa shape index (κ1) is 22.7. The van der Waals surface area contributed by atoms with Crippen LogP contribution < -0.4 is 10.7 Å². The lowest BCUT2D eigenvalue weighted by Crippen LogP contribution is -2.36. The zero-order chi connectivity index (χ0) is 22.8. The van der Waals surface area contributed by atoms with Crippen LogP contribution in [0.15, 0.2) is 64.4 Å². The van der Waals surface area contributed by atoms with Crippen LogP contribution >= 0.6 is 0 Å². The van der Waals surface area contributed by atoms with Crippen LogP contribution in [0.1, 0.15) is 29.3 Å². The van der Waals surface area contributed by atoms with Gasteiger partial charge in [-0.05, 0) is 43.5 Å². The first-order chi connectivity index (χ1) is 14.6. The minimum absolute atomic E-state index is 0.0101. The van der Waals surface area contributed by atoms with Crippen molar-refractivity contribution in [3.63, 3.8) is 0 Å². The van der Waals surface area contributed by atoms with Crippen molar-refractivity contribution in [2.45, 2.75) is 30.7 Å². The van der Waals surface area contributed by atoms with Crippen LogP contribution in [0.25, 0.3) is 10.9 Å². The van der Waals surface area contributed by atoms with E-state index in [4.69, 9.17) is 0 Å². The lowest BCUT2D eigenvalue weighted by Gasteiger charge is -2.16. The molecule has 3 aromatic rings. The highest BCUT2D eigenvalue weighted by molar-refractivity contribution is 7.89. The van der Waals surface area contributed by atoms with Gasteiger partial charge in [-0.3, -0.25) is 9.59 Å². The topological polar surface area (TPSA) is 88.5 Å². The Labute approximate surface area is 182 Å². The van der Waals surface area contributed by atoms with Crippen molar-refractivity contribution in [3.8, 4) is 0 Å². The molecular weight excluding hydrogens is 414 g/mol. The lowest BCUT2D eigenvalue weighted by atomic mass is 10.1. The molecule has 1 atom stereocenters. The highest BCUT2D eigenvalue weighted by Crippen LogP contribution is 2.19. The highest BCUT2D eigenvalue weighted by atomic mass is 32.2. The van der Waals surface area contributed by atoms with Crippen molar-refractivity contribution in [1.82, 2.24) is 14.2 Å². The molecular formula is C23H27N3O4S. The number of nitrogens with one attached hydrogen (secondary N) is 1. The second kappa shape index (κ2) is 9.03. The third-order valence-electron chi connectivity index (χ3n) is 5.27. The molecule has 0 aliphatic carbocycles. The van der Waals surface area contributed by atoms with Crippen molar-refractivity contribution >= 4 is 26.8 Å². The van der Waals surface area contributed by atoms with Gasteiger partial charge in [-0.2, -0.15) is 0 Å². The van der Waals surface area contributed by atoms with Crippen LogP contribution in [0.3, 0.4) is 0 Å². The van der Waals surface area contributed by atoms with Crippen LogP contribution in [-0.2, 0) is 23.5 Å². The van der Waals surface area contributed by atoms with E-state index in [1.807, 2.05) is 37.3 Å². The fourth-order valence-corrected chi connectivity index (χ4v) is 4.33. The third kappa shape index (κ3) is 4.86. The summed E-state index contributed by atoms with van der Waals surface area (Å²) in [6, 6.07) is 14.2. The summed E-state index contributed by atoms with van der Waals surface area (Å²) in [5.41, 5.74) is 1.23. The number of hydrogen-bond acceptors (Lipinski definition) is 4. The van der Waals surface area contributed by atoms with Gasteiger partial charge in [-0.1, -0.05) is 30.3 Å². The standard InChI is InChI=1S/C23H27N3O4S/c1-16(10-11-17-8-6-5-7-9-17)24-23(28)20-15-26(4)21-13-12-18(14-19(21)22(20)27)31(29,30)25(2)3/h5-9,12-16H,10-11H2,1-4H3,(H,24,28)/t16-/m1/s1. The van der Waals surface area contributed by atoms with E-state index >= 15 is 0 Å². The monoisotopic (exact) mass is 441 g/mol. The van der Waals surface area contributed by atoms with E-state index in [2.05, 4.69) is 5.32 Å². The molecule has 1 amide bonds. The lowest BCUT2D eigenvalue weighted by molar-refractivity contribution is 0.0937. The second-order valence-corrected chi connectivity index (χ2v) is 10.00. The van der Waals surface area contributed by atoms with Crippen molar-refractivity contribution in [2.24, 2.45) is 7.05 Å². The van der Waals surface area contributed by atoms with Crippen LogP contribution in [0, 0.1) is 0 Å². The summed E-state index contributed by atoms with van der Waals surface area (Å²) in [6.07, 6.45) is 3.03. The number of aryl methyl sites for hydroxylation is 2. The zero-order valence-electron chi connectivity index (χ0n) is 18.1. The molecule has 2 aromatic carbocycles. The minimum atomic E-state index is -3.70. The maximum Gasteiger partial charge on any atom is 0.256 e. The average molecular weight is 442 g/mol. The summed E-state index contributed by atoms with van der Waals surface area (Å²) < 4.78 is 27.7. The molecule has 7 nitrogen and oxygen atoms in total. The molecule has 31 heavy (non-hydrogen) atoms. The van der Waals surface area contributed by atoms with E-state index in [-0.39, 0.29) is 21.9 Å². The predicted molar refractivity (Wildman–Crippen MR) is 122 cm³/mol. The normalized spacial score (nSPS) is 12.8. The van der Waals surface area contributed by atoms with Crippen molar-refractivity contribution in [2.75, 3.05) is 14.1 Å². The van der Waals surface area contributed by atoms with Crippen LogP contribution in [0.5, 0.6) is 0 Å². The van der Waals surface area contributed by atoms with Crippen LogP contribution in [-0.4, -0.2) is 43.3 Å². The van der Waals surface area contributed by atoms with Crippen molar-refractivity contribution < 1.29 is 13.2 Å². The maximum atomic E-state index is 13.0. The quantitative estimate of drug-likeness (QED) is 0.610. The van der Waals surface area contributed by atoms with Gasteiger partial charge in [0.1, 0.15) is 5.56 Å². The summed E-state index contributed by atoms with van der Waals surface area (Å²) in [4.78, 5) is 25.9. The third-order valence-corrected chi connectivity index (χ3v) is 7.08. The summed E-state index contributed by atoms with van der Waals surface area (Å²) in [7, 11) is 0.878.